The number of aryl methyl sites for hydroxylation is 1. The van der Waals surface area contributed by atoms with Gasteiger partial charge in [0.25, 0.3) is 0 Å². The number of carbonyl (C=O) groups excluding carboxylic acids is 1. The van der Waals surface area contributed by atoms with Crippen molar-refractivity contribution in [3.63, 3.8) is 0 Å². The molecule has 132 valence electrons. The molecule has 1 saturated heterocycles. The highest BCUT2D eigenvalue weighted by Gasteiger charge is 2.27. The average molecular weight is 339 g/mol. The van der Waals surface area contributed by atoms with E-state index in [4.69, 9.17) is 0 Å². The van der Waals surface area contributed by atoms with Crippen LogP contribution in [0.25, 0.3) is 0 Å². The maximum Gasteiger partial charge on any atom is 0.241 e. The Labute approximate surface area is 148 Å². The Morgan fingerprint density at radius 1 is 1.08 bits per heavy atom. The number of anilines is 1. The van der Waals surface area contributed by atoms with Crippen molar-refractivity contribution in [2.75, 3.05) is 44.2 Å². The lowest BCUT2D eigenvalue weighted by molar-refractivity contribution is -0.120. The van der Waals surface area contributed by atoms with Crippen molar-refractivity contribution in [3.8, 4) is 0 Å². The van der Waals surface area contributed by atoms with Crippen molar-refractivity contribution in [2.45, 2.75) is 13.0 Å². The van der Waals surface area contributed by atoms with Crippen LogP contribution in [0, 0.1) is 0 Å². The molecule has 0 unspecified atom stereocenters. The van der Waals surface area contributed by atoms with Crippen LogP contribution in [0.15, 0.2) is 36.7 Å². The second kappa shape index (κ2) is 6.98. The van der Waals surface area contributed by atoms with Crippen LogP contribution in [0.1, 0.15) is 11.4 Å². The zero-order chi connectivity index (χ0) is 17.2. The summed E-state index contributed by atoms with van der Waals surface area (Å²) in [5.41, 5.74) is 2.39. The summed E-state index contributed by atoms with van der Waals surface area (Å²) in [6, 6.07) is 8.25. The molecule has 0 N–H and O–H groups in total. The van der Waals surface area contributed by atoms with E-state index in [-0.39, 0.29) is 5.91 Å². The van der Waals surface area contributed by atoms with E-state index in [9.17, 15) is 4.79 Å². The molecule has 6 nitrogen and oxygen atoms in total. The molecule has 1 amide bonds. The van der Waals surface area contributed by atoms with E-state index in [0.29, 0.717) is 6.54 Å². The number of piperazine rings is 1. The predicted octanol–water partition coefficient (Wildman–Crippen LogP) is 1.13. The smallest absolute Gasteiger partial charge is 0.241 e. The highest BCUT2D eigenvalue weighted by atomic mass is 16.2. The Hall–Kier alpha value is -2.18. The SMILES string of the molecule is Cn1ccnc1CN1CCN(CC(=O)N2CCc3ccccc32)CC1. The van der Waals surface area contributed by atoms with Crippen molar-refractivity contribution in [3.05, 3.63) is 48.0 Å². The first-order valence-electron chi connectivity index (χ1n) is 9.00. The van der Waals surface area contributed by atoms with Crippen LogP contribution in [0.2, 0.25) is 0 Å². The van der Waals surface area contributed by atoms with Crippen LogP contribution in [-0.2, 0) is 24.8 Å². The van der Waals surface area contributed by atoms with Crippen LogP contribution >= 0.6 is 0 Å². The molecule has 1 fully saturated rings. The summed E-state index contributed by atoms with van der Waals surface area (Å²) in [6.45, 7) is 6.05. The molecule has 1 aromatic heterocycles. The molecule has 4 rings (SSSR count). The van der Waals surface area contributed by atoms with E-state index in [1.165, 1.54) is 5.56 Å². The molecule has 6 heteroatoms. The number of benzene rings is 1. The molecular formula is C19H25N5O. The maximum atomic E-state index is 12.7. The van der Waals surface area contributed by atoms with E-state index in [0.717, 1.165) is 57.2 Å². The molecule has 0 spiro atoms. The third-order valence-electron chi connectivity index (χ3n) is 5.30. The minimum atomic E-state index is 0.225. The Balaban J connectivity index is 1.29. The number of amides is 1. The number of hydrogen-bond donors (Lipinski definition) is 0. The van der Waals surface area contributed by atoms with E-state index in [1.807, 2.05) is 36.5 Å². The molecule has 0 saturated carbocycles. The van der Waals surface area contributed by atoms with E-state index >= 15 is 0 Å². The number of carbonyl (C=O) groups is 1. The van der Waals surface area contributed by atoms with Crippen molar-refractivity contribution in [1.29, 1.82) is 0 Å². The highest BCUT2D eigenvalue weighted by Crippen LogP contribution is 2.27. The van der Waals surface area contributed by atoms with Gasteiger partial charge in [0, 0.05) is 57.9 Å². The first-order valence-corrected chi connectivity index (χ1v) is 9.00. The van der Waals surface area contributed by atoms with Crippen LogP contribution in [0.4, 0.5) is 5.69 Å². The minimum Gasteiger partial charge on any atom is -0.337 e. The molecule has 1 aromatic carbocycles. The summed E-state index contributed by atoms with van der Waals surface area (Å²) in [6.07, 6.45) is 4.80. The monoisotopic (exact) mass is 339 g/mol. The lowest BCUT2D eigenvalue weighted by Gasteiger charge is -2.34. The Morgan fingerprint density at radius 3 is 2.60 bits per heavy atom. The van der Waals surface area contributed by atoms with Gasteiger partial charge in [-0.3, -0.25) is 14.6 Å². The summed E-state index contributed by atoms with van der Waals surface area (Å²) in [7, 11) is 2.03. The number of imidazole rings is 1. The van der Waals surface area contributed by atoms with E-state index in [2.05, 4.69) is 31.5 Å². The number of fused-ring (bicyclic) bond motifs is 1. The maximum absolute atomic E-state index is 12.7. The van der Waals surface area contributed by atoms with Crippen molar-refractivity contribution >= 4 is 11.6 Å². The number of para-hydroxylation sites is 1. The average Bonchev–Trinajstić information content (AvgIpc) is 3.23. The molecule has 2 aromatic rings. The second-order valence-corrected chi connectivity index (χ2v) is 6.93. The van der Waals surface area contributed by atoms with Crippen LogP contribution in [-0.4, -0.2) is 64.5 Å². The largest absolute Gasteiger partial charge is 0.337 e. The summed E-state index contributed by atoms with van der Waals surface area (Å²) in [4.78, 5) is 23.8. The lowest BCUT2D eigenvalue weighted by atomic mass is 10.2. The summed E-state index contributed by atoms with van der Waals surface area (Å²) >= 11 is 0. The third kappa shape index (κ3) is 3.45. The summed E-state index contributed by atoms with van der Waals surface area (Å²) in [5, 5.41) is 0. The molecule has 3 heterocycles. The first kappa shape index (κ1) is 16.3. The van der Waals surface area contributed by atoms with Crippen LogP contribution in [0.5, 0.6) is 0 Å². The number of rotatable bonds is 4. The molecule has 2 aliphatic heterocycles. The summed E-state index contributed by atoms with van der Waals surface area (Å²) < 4.78 is 2.07. The van der Waals surface area contributed by atoms with Crippen molar-refractivity contribution in [1.82, 2.24) is 19.4 Å². The normalized spacial score (nSPS) is 18.5. The molecule has 0 radical (unpaired) electrons. The zero-order valence-corrected chi connectivity index (χ0v) is 14.8. The van der Waals surface area contributed by atoms with E-state index in [1.54, 1.807) is 0 Å². The van der Waals surface area contributed by atoms with Gasteiger partial charge in [0.15, 0.2) is 0 Å². The highest BCUT2D eigenvalue weighted by molar-refractivity contribution is 5.96. The quantitative estimate of drug-likeness (QED) is 0.838. The van der Waals surface area contributed by atoms with Gasteiger partial charge in [-0.1, -0.05) is 18.2 Å². The molecule has 25 heavy (non-hydrogen) atoms. The van der Waals surface area contributed by atoms with Gasteiger partial charge in [-0.05, 0) is 18.1 Å². The Bertz CT molecular complexity index is 748. The van der Waals surface area contributed by atoms with Crippen molar-refractivity contribution < 1.29 is 4.79 Å². The van der Waals surface area contributed by atoms with Crippen molar-refractivity contribution in [2.24, 2.45) is 7.05 Å². The minimum absolute atomic E-state index is 0.225. The lowest BCUT2D eigenvalue weighted by Crippen LogP contribution is -2.49. The van der Waals surface area contributed by atoms with E-state index < -0.39 is 0 Å². The molecule has 0 atom stereocenters. The van der Waals surface area contributed by atoms with Gasteiger partial charge in [-0.25, -0.2) is 4.98 Å². The van der Waals surface area contributed by atoms with Gasteiger partial charge in [0.05, 0.1) is 13.1 Å². The third-order valence-corrected chi connectivity index (χ3v) is 5.30. The number of nitrogens with zero attached hydrogens (tertiary/aromatic N) is 5. The molecule has 0 bridgehead atoms. The van der Waals surface area contributed by atoms with Gasteiger partial charge in [-0.15, -0.1) is 0 Å². The van der Waals surface area contributed by atoms with Crippen LogP contribution < -0.4 is 4.90 Å². The topological polar surface area (TPSA) is 44.6 Å². The molecular weight excluding hydrogens is 314 g/mol. The fourth-order valence-electron chi connectivity index (χ4n) is 3.73. The summed E-state index contributed by atoms with van der Waals surface area (Å²) in [5.74, 6) is 1.32. The standard InChI is InChI=1S/C19H25N5O/c1-21-9-7-20-18(21)14-22-10-12-23(13-11-22)15-19(25)24-8-6-16-4-2-3-5-17(16)24/h2-5,7,9H,6,8,10-15H2,1H3. The fourth-order valence-corrected chi connectivity index (χ4v) is 3.73. The van der Waals surface area contributed by atoms with Gasteiger partial charge < -0.3 is 9.47 Å². The predicted molar refractivity (Wildman–Crippen MR) is 97.4 cm³/mol. The fraction of sp³-hybridized carbons (Fsp3) is 0.474. The van der Waals surface area contributed by atoms with Gasteiger partial charge in [0.1, 0.15) is 5.82 Å². The number of hydrogen-bond acceptors (Lipinski definition) is 4. The van der Waals surface area contributed by atoms with Crippen LogP contribution in [0.3, 0.4) is 0 Å². The molecule has 2 aliphatic rings. The van der Waals surface area contributed by atoms with Gasteiger partial charge in [-0.2, -0.15) is 0 Å². The number of aromatic nitrogens is 2. The Morgan fingerprint density at radius 2 is 1.84 bits per heavy atom. The van der Waals surface area contributed by atoms with Gasteiger partial charge in [0.2, 0.25) is 5.91 Å². The first-order chi connectivity index (χ1) is 12.2. The Kier molecular flexibility index (Phi) is 4.55. The molecule has 0 aliphatic carbocycles. The van der Waals surface area contributed by atoms with Gasteiger partial charge >= 0.3 is 0 Å². The second-order valence-electron chi connectivity index (χ2n) is 6.93. The zero-order valence-electron chi connectivity index (χ0n) is 14.8.